The lowest BCUT2D eigenvalue weighted by Gasteiger charge is -2.26. The summed E-state index contributed by atoms with van der Waals surface area (Å²) in [5.74, 6) is -0.140. The largest absolute Gasteiger partial charge is 0.394 e. The maximum Gasteiger partial charge on any atom is 0.220 e. The molecule has 0 radical (unpaired) electrons. The Morgan fingerprint density at radius 3 is 0.980 bits per heavy atom. The van der Waals surface area contributed by atoms with Crippen molar-refractivity contribution in [2.45, 2.75) is 270 Å². The first kappa shape index (κ1) is 48.3. The van der Waals surface area contributed by atoms with Crippen molar-refractivity contribution >= 4 is 5.91 Å². The van der Waals surface area contributed by atoms with Gasteiger partial charge in [0.25, 0.3) is 0 Å². The van der Waals surface area contributed by atoms with E-state index < -0.39 is 18.2 Å². The van der Waals surface area contributed by atoms with E-state index in [-0.39, 0.29) is 12.5 Å². The first-order valence-corrected chi connectivity index (χ1v) is 22.3. The fraction of sp³-hybridized carbons (Fsp3) is 0.977. The molecule has 294 valence electrons. The molecule has 0 aliphatic heterocycles. The molecular weight excluding hydrogens is 606 g/mol. The lowest BCUT2D eigenvalue weighted by atomic mass is 9.99. The molecule has 0 aliphatic rings. The molecule has 5 nitrogen and oxygen atoms in total. The predicted octanol–water partition coefficient (Wildman–Crippen LogP) is 12.7. The third kappa shape index (κ3) is 35.5. The van der Waals surface area contributed by atoms with Crippen molar-refractivity contribution in [3.63, 3.8) is 0 Å². The van der Waals surface area contributed by atoms with Gasteiger partial charge in [-0.15, -0.1) is 0 Å². The Morgan fingerprint density at radius 1 is 0.429 bits per heavy atom. The summed E-state index contributed by atoms with van der Waals surface area (Å²) >= 11 is 0. The van der Waals surface area contributed by atoms with Gasteiger partial charge in [0.2, 0.25) is 5.91 Å². The van der Waals surface area contributed by atoms with Crippen LogP contribution in [0.1, 0.15) is 251 Å². The quantitative estimate of drug-likeness (QED) is 0.0479. The van der Waals surface area contributed by atoms with Crippen LogP contribution in [0, 0.1) is 0 Å². The van der Waals surface area contributed by atoms with Crippen LogP contribution in [0.3, 0.4) is 0 Å². The van der Waals surface area contributed by atoms with Crippen LogP contribution in [0.25, 0.3) is 0 Å². The topological polar surface area (TPSA) is 89.8 Å². The monoisotopic (exact) mass is 696 g/mol. The summed E-state index contributed by atoms with van der Waals surface area (Å²) in [5.41, 5.74) is 0. The number of aliphatic hydroxyl groups is 3. The third-order valence-corrected chi connectivity index (χ3v) is 10.7. The highest BCUT2D eigenvalue weighted by Crippen LogP contribution is 2.17. The molecule has 0 aromatic rings. The average Bonchev–Trinajstić information content (AvgIpc) is 3.10. The van der Waals surface area contributed by atoms with Gasteiger partial charge in [0, 0.05) is 6.42 Å². The van der Waals surface area contributed by atoms with E-state index in [1.165, 1.54) is 193 Å². The Hall–Kier alpha value is -0.650. The van der Waals surface area contributed by atoms with Crippen LogP contribution >= 0.6 is 0 Å². The lowest BCUT2D eigenvalue weighted by molar-refractivity contribution is -0.124. The normalized spacial score (nSPS) is 13.5. The minimum Gasteiger partial charge on any atom is -0.394 e. The predicted molar refractivity (Wildman–Crippen MR) is 213 cm³/mol. The average molecular weight is 696 g/mol. The van der Waals surface area contributed by atoms with Gasteiger partial charge >= 0.3 is 0 Å². The molecule has 0 aliphatic carbocycles. The second-order valence-corrected chi connectivity index (χ2v) is 15.6. The molecule has 1 amide bonds. The number of amides is 1. The zero-order chi connectivity index (χ0) is 35.9. The van der Waals surface area contributed by atoms with Gasteiger partial charge in [-0.25, -0.2) is 0 Å². The third-order valence-electron chi connectivity index (χ3n) is 10.7. The highest BCUT2D eigenvalue weighted by atomic mass is 16.3. The molecule has 4 N–H and O–H groups in total. The summed E-state index contributed by atoms with van der Waals surface area (Å²) in [5, 5.41) is 33.5. The van der Waals surface area contributed by atoms with E-state index in [4.69, 9.17) is 0 Å². The van der Waals surface area contributed by atoms with Crippen molar-refractivity contribution in [3.05, 3.63) is 0 Å². The molecule has 0 bridgehead atoms. The Balaban J connectivity index is 3.53. The van der Waals surface area contributed by atoms with Crippen molar-refractivity contribution in [1.29, 1.82) is 0 Å². The second-order valence-electron chi connectivity index (χ2n) is 15.6. The van der Waals surface area contributed by atoms with Crippen molar-refractivity contribution in [3.8, 4) is 0 Å². The van der Waals surface area contributed by atoms with Crippen LogP contribution in [-0.2, 0) is 4.79 Å². The SMILES string of the molecule is CCCCCCCCCCCCCCCCCCCCCCCCCC(=O)N[C@H](CO)[C@H](O)[C@H](O)CCCCCCCCCCCCCC. The molecule has 0 heterocycles. The number of hydrogen-bond donors (Lipinski definition) is 4. The number of carbonyl (C=O) groups is 1. The Labute approximate surface area is 307 Å². The first-order valence-electron chi connectivity index (χ1n) is 22.3. The van der Waals surface area contributed by atoms with Gasteiger partial charge in [-0.05, 0) is 12.8 Å². The molecule has 0 saturated heterocycles. The van der Waals surface area contributed by atoms with E-state index in [0.717, 1.165) is 32.1 Å². The van der Waals surface area contributed by atoms with Crippen molar-refractivity contribution in [2.75, 3.05) is 6.61 Å². The molecule has 5 heteroatoms. The van der Waals surface area contributed by atoms with E-state index in [2.05, 4.69) is 19.2 Å². The number of nitrogens with one attached hydrogen (secondary N) is 1. The molecule has 49 heavy (non-hydrogen) atoms. The van der Waals surface area contributed by atoms with E-state index >= 15 is 0 Å². The van der Waals surface area contributed by atoms with Gasteiger partial charge in [-0.1, -0.05) is 232 Å². The maximum atomic E-state index is 12.4. The standard InChI is InChI=1S/C44H89NO4/c1-3-5-7-9-11-13-15-17-18-19-20-21-22-23-24-25-26-27-29-31-33-35-37-39-43(48)45-41(40-46)44(49)42(47)38-36-34-32-30-28-16-14-12-10-8-6-4-2/h41-42,44,46-47,49H,3-40H2,1-2H3,(H,45,48)/t41-,42-,44+/m1/s1. The minimum absolute atomic E-state index is 0.140. The number of unbranched alkanes of at least 4 members (excludes halogenated alkanes) is 33. The van der Waals surface area contributed by atoms with Crippen molar-refractivity contribution in [2.24, 2.45) is 0 Å². The molecule has 0 aromatic heterocycles. The number of hydrogen-bond acceptors (Lipinski definition) is 4. The number of aliphatic hydroxyl groups excluding tert-OH is 3. The summed E-state index contributed by atoms with van der Waals surface area (Å²) in [6.45, 7) is 4.19. The summed E-state index contributed by atoms with van der Waals surface area (Å²) in [7, 11) is 0. The minimum atomic E-state index is -1.13. The van der Waals surface area contributed by atoms with Crippen LogP contribution in [-0.4, -0.2) is 46.1 Å². The molecule has 0 spiro atoms. The van der Waals surface area contributed by atoms with Crippen molar-refractivity contribution < 1.29 is 20.1 Å². The highest BCUT2D eigenvalue weighted by Gasteiger charge is 2.26. The maximum absolute atomic E-state index is 12.4. The second kappa shape index (κ2) is 40.1. The van der Waals surface area contributed by atoms with Crippen LogP contribution in [0.2, 0.25) is 0 Å². The zero-order valence-corrected chi connectivity index (χ0v) is 33.4. The summed E-state index contributed by atoms with van der Waals surface area (Å²) in [6, 6.07) is -0.802. The molecular formula is C44H89NO4. The van der Waals surface area contributed by atoms with Gasteiger partial charge in [0.15, 0.2) is 0 Å². The Bertz CT molecular complexity index is 644. The highest BCUT2D eigenvalue weighted by molar-refractivity contribution is 5.76. The van der Waals surface area contributed by atoms with E-state index in [0.29, 0.717) is 12.8 Å². The van der Waals surface area contributed by atoms with Gasteiger partial charge in [0.1, 0.15) is 6.10 Å². The fourth-order valence-corrected chi connectivity index (χ4v) is 7.22. The Kier molecular flexibility index (Phi) is 39.6. The van der Waals surface area contributed by atoms with Gasteiger partial charge in [-0.3, -0.25) is 4.79 Å². The number of rotatable bonds is 41. The first-order chi connectivity index (χ1) is 24.1. The lowest BCUT2D eigenvalue weighted by Crippen LogP contribution is -2.50. The molecule has 0 rings (SSSR count). The van der Waals surface area contributed by atoms with E-state index in [1.807, 2.05) is 0 Å². The molecule has 0 aromatic carbocycles. The van der Waals surface area contributed by atoms with Gasteiger partial charge in [0.05, 0.1) is 18.8 Å². The van der Waals surface area contributed by atoms with Gasteiger partial charge in [-0.2, -0.15) is 0 Å². The smallest absolute Gasteiger partial charge is 0.220 e. The summed E-state index contributed by atoms with van der Waals surface area (Å²) < 4.78 is 0. The number of carbonyl (C=O) groups excluding carboxylic acids is 1. The van der Waals surface area contributed by atoms with Crippen LogP contribution in [0.15, 0.2) is 0 Å². The molecule has 3 atom stereocenters. The zero-order valence-electron chi connectivity index (χ0n) is 33.4. The summed E-state index contributed by atoms with van der Waals surface area (Å²) in [6.07, 6.45) is 45.0. The Morgan fingerprint density at radius 2 is 0.694 bits per heavy atom. The van der Waals surface area contributed by atoms with E-state index in [9.17, 15) is 20.1 Å². The fourth-order valence-electron chi connectivity index (χ4n) is 7.22. The van der Waals surface area contributed by atoms with Gasteiger partial charge < -0.3 is 20.6 Å². The molecule has 0 unspecified atom stereocenters. The molecule has 0 saturated carbocycles. The molecule has 0 fully saturated rings. The van der Waals surface area contributed by atoms with E-state index in [1.54, 1.807) is 0 Å². The van der Waals surface area contributed by atoms with Crippen LogP contribution < -0.4 is 5.32 Å². The van der Waals surface area contributed by atoms with Crippen LogP contribution in [0.5, 0.6) is 0 Å². The van der Waals surface area contributed by atoms with Crippen LogP contribution in [0.4, 0.5) is 0 Å². The van der Waals surface area contributed by atoms with Crippen molar-refractivity contribution in [1.82, 2.24) is 5.32 Å². The summed E-state index contributed by atoms with van der Waals surface area (Å²) in [4.78, 5) is 12.4.